The van der Waals surface area contributed by atoms with Crippen molar-refractivity contribution in [3.8, 4) is 0 Å². The molecule has 20 heavy (non-hydrogen) atoms. The Bertz CT molecular complexity index is 440. The van der Waals surface area contributed by atoms with Gasteiger partial charge in [0.1, 0.15) is 0 Å². The molecule has 0 aliphatic carbocycles. The molecular formula is C16H23ClN2S. The molecule has 0 aromatic heterocycles. The first kappa shape index (κ1) is 14.7. The lowest BCUT2D eigenvalue weighted by atomic mass is 10.0. The van der Waals surface area contributed by atoms with Crippen LogP contribution in [0, 0.1) is 0 Å². The standard InChI is InChI=1S/C16H23ClN2S/c17-6-9-18-7-3-8-19(11-10-18)12-14-13-20-16-5-2-1-4-15(14)16/h1-2,4-5,14H,3,6-13H2. The van der Waals surface area contributed by atoms with Gasteiger partial charge in [-0.2, -0.15) is 0 Å². The summed E-state index contributed by atoms with van der Waals surface area (Å²) in [5, 5.41) is 0. The summed E-state index contributed by atoms with van der Waals surface area (Å²) in [5.41, 5.74) is 1.57. The summed E-state index contributed by atoms with van der Waals surface area (Å²) in [4.78, 5) is 6.66. The van der Waals surface area contributed by atoms with Gasteiger partial charge in [-0.15, -0.1) is 23.4 Å². The number of hydrogen-bond acceptors (Lipinski definition) is 3. The highest BCUT2D eigenvalue weighted by Crippen LogP contribution is 2.39. The van der Waals surface area contributed by atoms with Crippen LogP contribution in [0.2, 0.25) is 0 Å². The van der Waals surface area contributed by atoms with E-state index in [2.05, 4.69) is 34.1 Å². The molecule has 0 N–H and O–H groups in total. The minimum absolute atomic E-state index is 0.718. The van der Waals surface area contributed by atoms with Crippen LogP contribution in [-0.4, -0.2) is 60.7 Å². The Labute approximate surface area is 131 Å². The molecule has 2 aliphatic rings. The topological polar surface area (TPSA) is 6.48 Å². The number of benzene rings is 1. The van der Waals surface area contributed by atoms with Crippen molar-refractivity contribution in [3.05, 3.63) is 29.8 Å². The maximum absolute atomic E-state index is 5.86. The van der Waals surface area contributed by atoms with Crippen LogP contribution < -0.4 is 0 Å². The number of rotatable bonds is 4. The van der Waals surface area contributed by atoms with Crippen molar-refractivity contribution in [1.29, 1.82) is 0 Å². The van der Waals surface area contributed by atoms with E-state index in [0.29, 0.717) is 0 Å². The Hall–Kier alpha value is -0.220. The first-order chi connectivity index (χ1) is 9.86. The van der Waals surface area contributed by atoms with Crippen molar-refractivity contribution in [2.45, 2.75) is 17.2 Å². The summed E-state index contributed by atoms with van der Waals surface area (Å²) in [5.74, 6) is 2.73. The van der Waals surface area contributed by atoms with E-state index in [-0.39, 0.29) is 0 Å². The maximum Gasteiger partial charge on any atom is 0.0351 e. The third-order valence-electron chi connectivity index (χ3n) is 4.36. The SMILES string of the molecule is ClCCN1CCCN(CC2CSc3ccccc32)CC1. The number of halogens is 1. The van der Waals surface area contributed by atoms with E-state index in [0.717, 1.165) is 18.3 Å². The van der Waals surface area contributed by atoms with Gasteiger partial charge >= 0.3 is 0 Å². The second kappa shape index (κ2) is 7.17. The molecule has 0 bridgehead atoms. The van der Waals surface area contributed by atoms with E-state index in [1.54, 1.807) is 5.56 Å². The highest BCUT2D eigenvalue weighted by molar-refractivity contribution is 7.99. The molecule has 0 amide bonds. The molecule has 0 spiro atoms. The molecule has 0 radical (unpaired) electrons. The summed E-state index contributed by atoms with van der Waals surface area (Å²) in [7, 11) is 0. The largest absolute Gasteiger partial charge is 0.301 e. The van der Waals surface area contributed by atoms with Crippen LogP contribution >= 0.6 is 23.4 Å². The van der Waals surface area contributed by atoms with E-state index < -0.39 is 0 Å². The Morgan fingerprint density at radius 2 is 1.90 bits per heavy atom. The second-order valence-corrected chi connectivity index (χ2v) is 7.17. The van der Waals surface area contributed by atoms with Crippen LogP contribution in [0.3, 0.4) is 0 Å². The van der Waals surface area contributed by atoms with Gasteiger partial charge in [-0.05, 0) is 31.1 Å². The maximum atomic E-state index is 5.86. The molecular weight excluding hydrogens is 288 g/mol. The Morgan fingerprint density at radius 3 is 2.80 bits per heavy atom. The number of hydrogen-bond donors (Lipinski definition) is 0. The molecule has 1 saturated heterocycles. The fourth-order valence-corrected chi connectivity index (χ4v) is 4.72. The van der Waals surface area contributed by atoms with Crippen molar-refractivity contribution in [2.75, 3.05) is 50.9 Å². The van der Waals surface area contributed by atoms with Crippen LogP contribution in [0.4, 0.5) is 0 Å². The van der Waals surface area contributed by atoms with Crippen LogP contribution in [0.1, 0.15) is 17.9 Å². The van der Waals surface area contributed by atoms with Gasteiger partial charge in [-0.1, -0.05) is 18.2 Å². The van der Waals surface area contributed by atoms with Gasteiger partial charge in [-0.3, -0.25) is 0 Å². The second-order valence-electron chi connectivity index (χ2n) is 5.73. The zero-order chi connectivity index (χ0) is 13.8. The van der Waals surface area contributed by atoms with E-state index >= 15 is 0 Å². The minimum atomic E-state index is 0.718. The summed E-state index contributed by atoms with van der Waals surface area (Å²) >= 11 is 7.88. The van der Waals surface area contributed by atoms with Gasteiger partial charge in [0.2, 0.25) is 0 Å². The molecule has 1 aromatic carbocycles. The van der Waals surface area contributed by atoms with Gasteiger partial charge in [0.05, 0.1) is 0 Å². The molecule has 0 saturated carbocycles. The molecule has 1 fully saturated rings. The molecule has 3 rings (SSSR count). The van der Waals surface area contributed by atoms with Crippen LogP contribution in [0.5, 0.6) is 0 Å². The number of fused-ring (bicyclic) bond motifs is 1. The van der Waals surface area contributed by atoms with E-state index in [9.17, 15) is 0 Å². The highest BCUT2D eigenvalue weighted by Gasteiger charge is 2.25. The first-order valence-electron chi connectivity index (χ1n) is 7.59. The van der Waals surface area contributed by atoms with Gasteiger partial charge in [0, 0.05) is 48.6 Å². The number of thioether (sulfide) groups is 1. The van der Waals surface area contributed by atoms with E-state index in [1.807, 2.05) is 11.8 Å². The van der Waals surface area contributed by atoms with Gasteiger partial charge in [-0.25, -0.2) is 0 Å². The lowest BCUT2D eigenvalue weighted by molar-refractivity contribution is 0.256. The van der Waals surface area contributed by atoms with E-state index in [4.69, 9.17) is 11.6 Å². The molecule has 4 heteroatoms. The lowest BCUT2D eigenvalue weighted by Crippen LogP contribution is -2.34. The van der Waals surface area contributed by atoms with Crippen LogP contribution in [0.15, 0.2) is 29.2 Å². The highest BCUT2D eigenvalue weighted by atomic mass is 35.5. The molecule has 2 aliphatic heterocycles. The number of nitrogens with zero attached hydrogens (tertiary/aromatic N) is 2. The van der Waals surface area contributed by atoms with Gasteiger partial charge in [0.15, 0.2) is 0 Å². The Morgan fingerprint density at radius 1 is 1.10 bits per heavy atom. The summed E-state index contributed by atoms with van der Waals surface area (Å²) in [6.45, 7) is 7.08. The van der Waals surface area contributed by atoms with Crippen molar-refractivity contribution >= 4 is 23.4 Å². The fourth-order valence-electron chi connectivity index (χ4n) is 3.24. The van der Waals surface area contributed by atoms with Gasteiger partial charge in [0.25, 0.3) is 0 Å². The molecule has 1 atom stereocenters. The average molecular weight is 311 g/mol. The normalized spacial score (nSPS) is 24.6. The lowest BCUT2D eigenvalue weighted by Gasteiger charge is -2.24. The van der Waals surface area contributed by atoms with Crippen LogP contribution in [0.25, 0.3) is 0 Å². The number of alkyl halides is 1. The summed E-state index contributed by atoms with van der Waals surface area (Å²) in [6, 6.07) is 8.93. The van der Waals surface area contributed by atoms with Crippen molar-refractivity contribution < 1.29 is 0 Å². The van der Waals surface area contributed by atoms with Crippen molar-refractivity contribution in [2.24, 2.45) is 0 Å². The third-order valence-corrected chi connectivity index (χ3v) is 5.78. The third kappa shape index (κ3) is 3.51. The Kier molecular flexibility index (Phi) is 5.27. The predicted molar refractivity (Wildman–Crippen MR) is 88.1 cm³/mol. The molecule has 2 heterocycles. The quantitative estimate of drug-likeness (QED) is 0.789. The molecule has 1 unspecified atom stereocenters. The average Bonchev–Trinajstić information content (AvgIpc) is 2.74. The smallest absolute Gasteiger partial charge is 0.0351 e. The summed E-state index contributed by atoms with van der Waals surface area (Å²) in [6.07, 6.45) is 1.28. The minimum Gasteiger partial charge on any atom is -0.301 e. The van der Waals surface area contributed by atoms with Crippen LogP contribution in [-0.2, 0) is 0 Å². The predicted octanol–water partition coefficient (Wildman–Crippen LogP) is 3.12. The van der Waals surface area contributed by atoms with E-state index in [1.165, 1.54) is 49.8 Å². The Balaban J connectivity index is 1.56. The summed E-state index contributed by atoms with van der Waals surface area (Å²) < 4.78 is 0. The molecule has 110 valence electrons. The first-order valence-corrected chi connectivity index (χ1v) is 9.11. The van der Waals surface area contributed by atoms with Gasteiger partial charge < -0.3 is 9.80 Å². The molecule has 2 nitrogen and oxygen atoms in total. The van der Waals surface area contributed by atoms with Crippen molar-refractivity contribution in [1.82, 2.24) is 9.80 Å². The zero-order valence-corrected chi connectivity index (χ0v) is 13.5. The fraction of sp³-hybridized carbons (Fsp3) is 0.625. The monoisotopic (exact) mass is 310 g/mol. The van der Waals surface area contributed by atoms with Crippen molar-refractivity contribution in [3.63, 3.8) is 0 Å². The molecule has 1 aromatic rings. The zero-order valence-electron chi connectivity index (χ0n) is 11.9.